The number of aliphatic carboxylic acids is 1. The number of carboxylic acids is 1. The quantitative estimate of drug-likeness (QED) is 0.742. The van der Waals surface area contributed by atoms with Crippen LogP contribution in [0.1, 0.15) is 6.42 Å². The van der Waals surface area contributed by atoms with Gasteiger partial charge in [-0.2, -0.15) is 0 Å². The maximum Gasteiger partial charge on any atom is 0.328 e. The Bertz CT molecular complexity index is 458. The maximum atomic E-state index is 12.3. The molecule has 1 unspecified atom stereocenters. The highest BCUT2D eigenvalue weighted by molar-refractivity contribution is 9.10. The highest BCUT2D eigenvalue weighted by Crippen LogP contribution is 2.27. The van der Waals surface area contributed by atoms with Crippen molar-refractivity contribution in [1.29, 1.82) is 0 Å². The lowest BCUT2D eigenvalue weighted by Crippen LogP contribution is -2.42. The summed E-state index contributed by atoms with van der Waals surface area (Å²) in [5.41, 5.74) is 0. The minimum absolute atomic E-state index is 0.135. The predicted molar refractivity (Wildman–Crippen MR) is 75.0 cm³/mol. The number of alkyl halides is 1. The standard InChI is InChI=1S/C12H13BrFNO3S/c13-8-3-1-2-4-10(8)19-6-5-11(16)15-9(7-14)12(17)18/h1-4,9H,5-7H2,(H,15,16)(H,17,18). The molecule has 0 bridgehead atoms. The van der Waals surface area contributed by atoms with E-state index < -0.39 is 24.6 Å². The molecule has 0 aliphatic rings. The van der Waals surface area contributed by atoms with E-state index in [4.69, 9.17) is 5.11 Å². The van der Waals surface area contributed by atoms with Crippen LogP contribution in [0.25, 0.3) is 0 Å². The monoisotopic (exact) mass is 349 g/mol. The van der Waals surface area contributed by atoms with Gasteiger partial charge in [0.15, 0.2) is 6.04 Å². The van der Waals surface area contributed by atoms with Gasteiger partial charge in [-0.3, -0.25) is 4.79 Å². The Morgan fingerprint density at radius 1 is 1.42 bits per heavy atom. The number of halogens is 2. The van der Waals surface area contributed by atoms with E-state index in [2.05, 4.69) is 21.2 Å². The smallest absolute Gasteiger partial charge is 0.328 e. The van der Waals surface area contributed by atoms with Crippen molar-refractivity contribution in [1.82, 2.24) is 5.32 Å². The summed E-state index contributed by atoms with van der Waals surface area (Å²) in [6.45, 7) is -1.11. The average Bonchev–Trinajstić information content (AvgIpc) is 2.38. The van der Waals surface area contributed by atoms with Gasteiger partial charge >= 0.3 is 5.97 Å². The lowest BCUT2D eigenvalue weighted by Gasteiger charge is -2.10. The van der Waals surface area contributed by atoms with Crippen LogP contribution in [0, 0.1) is 0 Å². The van der Waals surface area contributed by atoms with E-state index in [0.29, 0.717) is 5.75 Å². The Balaban J connectivity index is 2.35. The average molecular weight is 350 g/mol. The van der Waals surface area contributed by atoms with E-state index in [1.165, 1.54) is 11.8 Å². The minimum atomic E-state index is -1.46. The molecule has 7 heteroatoms. The van der Waals surface area contributed by atoms with Crippen molar-refractivity contribution in [3.63, 3.8) is 0 Å². The van der Waals surface area contributed by atoms with Crippen LogP contribution in [0.4, 0.5) is 4.39 Å². The number of thioether (sulfide) groups is 1. The van der Waals surface area contributed by atoms with E-state index in [1.54, 1.807) is 0 Å². The van der Waals surface area contributed by atoms with Gasteiger partial charge in [0.05, 0.1) is 0 Å². The van der Waals surface area contributed by atoms with Crippen molar-refractivity contribution >= 4 is 39.6 Å². The van der Waals surface area contributed by atoms with Crippen molar-refractivity contribution in [3.05, 3.63) is 28.7 Å². The molecule has 0 aliphatic carbocycles. The lowest BCUT2D eigenvalue weighted by atomic mass is 10.3. The van der Waals surface area contributed by atoms with Gasteiger partial charge in [0, 0.05) is 21.5 Å². The molecule has 4 nitrogen and oxygen atoms in total. The molecule has 0 heterocycles. The van der Waals surface area contributed by atoms with Crippen LogP contribution in [0.3, 0.4) is 0 Å². The minimum Gasteiger partial charge on any atom is -0.480 e. The van der Waals surface area contributed by atoms with Crippen LogP contribution in [-0.2, 0) is 9.59 Å². The Labute approximate surface area is 122 Å². The second-order valence-electron chi connectivity index (χ2n) is 3.64. The van der Waals surface area contributed by atoms with E-state index in [-0.39, 0.29) is 6.42 Å². The van der Waals surface area contributed by atoms with Crippen molar-refractivity contribution in [2.75, 3.05) is 12.4 Å². The first-order valence-electron chi connectivity index (χ1n) is 5.50. The Morgan fingerprint density at radius 3 is 2.68 bits per heavy atom. The Hall–Kier alpha value is -1.08. The highest BCUT2D eigenvalue weighted by atomic mass is 79.9. The van der Waals surface area contributed by atoms with Crippen LogP contribution < -0.4 is 5.32 Å². The van der Waals surface area contributed by atoms with Gasteiger partial charge in [-0.15, -0.1) is 11.8 Å². The number of carboxylic acid groups (broad SMARTS) is 1. The first-order valence-corrected chi connectivity index (χ1v) is 7.28. The van der Waals surface area contributed by atoms with E-state index in [0.717, 1.165) is 9.37 Å². The molecule has 0 saturated heterocycles. The van der Waals surface area contributed by atoms with Gasteiger partial charge in [0.2, 0.25) is 5.91 Å². The number of hydrogen-bond donors (Lipinski definition) is 2. The highest BCUT2D eigenvalue weighted by Gasteiger charge is 2.19. The van der Waals surface area contributed by atoms with Gasteiger partial charge in [-0.05, 0) is 28.1 Å². The molecule has 1 atom stereocenters. The summed E-state index contributed by atoms with van der Waals surface area (Å²) >= 11 is 4.85. The molecular weight excluding hydrogens is 337 g/mol. The molecule has 0 radical (unpaired) electrons. The summed E-state index contributed by atoms with van der Waals surface area (Å²) in [4.78, 5) is 23.0. The van der Waals surface area contributed by atoms with Gasteiger partial charge < -0.3 is 10.4 Å². The van der Waals surface area contributed by atoms with Crippen molar-refractivity contribution < 1.29 is 19.1 Å². The van der Waals surface area contributed by atoms with Crippen LogP contribution in [0.15, 0.2) is 33.6 Å². The summed E-state index contributed by atoms with van der Waals surface area (Å²) in [6, 6.07) is 6.12. The fraction of sp³-hybridized carbons (Fsp3) is 0.333. The van der Waals surface area contributed by atoms with Gasteiger partial charge in [-0.25, -0.2) is 9.18 Å². The topological polar surface area (TPSA) is 66.4 Å². The van der Waals surface area contributed by atoms with E-state index in [9.17, 15) is 14.0 Å². The third-order valence-electron chi connectivity index (χ3n) is 2.21. The second-order valence-corrected chi connectivity index (χ2v) is 5.63. The number of carbonyl (C=O) groups is 2. The Kier molecular flexibility index (Phi) is 6.86. The molecule has 0 fully saturated rings. The summed E-state index contributed by atoms with van der Waals surface area (Å²) in [5, 5.41) is 10.7. The fourth-order valence-corrected chi connectivity index (χ4v) is 2.76. The molecule has 2 N–H and O–H groups in total. The van der Waals surface area contributed by atoms with Crippen molar-refractivity contribution in [2.45, 2.75) is 17.4 Å². The maximum absolute atomic E-state index is 12.3. The predicted octanol–water partition coefficient (Wildman–Crippen LogP) is 2.47. The third kappa shape index (κ3) is 5.61. The molecule has 104 valence electrons. The van der Waals surface area contributed by atoms with Gasteiger partial charge in [0.25, 0.3) is 0 Å². The van der Waals surface area contributed by atoms with E-state index in [1.807, 2.05) is 24.3 Å². The number of carbonyl (C=O) groups excluding carboxylic acids is 1. The first-order chi connectivity index (χ1) is 9.04. The van der Waals surface area contributed by atoms with Crippen LogP contribution >= 0.6 is 27.7 Å². The van der Waals surface area contributed by atoms with Crippen LogP contribution in [0.5, 0.6) is 0 Å². The second kappa shape index (κ2) is 8.16. The molecule has 1 amide bonds. The first kappa shape index (κ1) is 16.0. The molecule has 1 rings (SSSR count). The van der Waals surface area contributed by atoms with Gasteiger partial charge in [0.1, 0.15) is 6.67 Å². The summed E-state index contributed by atoms with van der Waals surface area (Å²) in [5.74, 6) is -1.34. The van der Waals surface area contributed by atoms with Crippen molar-refractivity contribution in [3.8, 4) is 0 Å². The zero-order chi connectivity index (χ0) is 14.3. The molecule has 0 aliphatic heterocycles. The molecule has 1 aromatic carbocycles. The third-order valence-corrected chi connectivity index (χ3v) is 4.24. The zero-order valence-corrected chi connectivity index (χ0v) is 12.3. The largest absolute Gasteiger partial charge is 0.480 e. The normalized spacial score (nSPS) is 11.9. The number of nitrogens with one attached hydrogen (secondary N) is 1. The molecule has 19 heavy (non-hydrogen) atoms. The molecule has 0 spiro atoms. The summed E-state index contributed by atoms with van der Waals surface area (Å²) < 4.78 is 13.2. The molecule has 0 aromatic heterocycles. The number of benzene rings is 1. The SMILES string of the molecule is O=C(CCSc1ccccc1Br)NC(CF)C(=O)O. The number of amides is 1. The zero-order valence-electron chi connectivity index (χ0n) is 9.94. The Morgan fingerprint density at radius 2 is 2.11 bits per heavy atom. The number of hydrogen-bond acceptors (Lipinski definition) is 3. The lowest BCUT2D eigenvalue weighted by molar-refractivity contribution is -0.142. The fourth-order valence-electron chi connectivity index (χ4n) is 1.25. The summed E-state index contributed by atoms with van der Waals surface area (Å²) in [6.07, 6.45) is 0.135. The van der Waals surface area contributed by atoms with Crippen LogP contribution in [0.2, 0.25) is 0 Å². The van der Waals surface area contributed by atoms with Crippen molar-refractivity contribution in [2.24, 2.45) is 0 Å². The van der Waals surface area contributed by atoms with E-state index >= 15 is 0 Å². The molecule has 0 saturated carbocycles. The molecular formula is C12H13BrFNO3S. The van der Waals surface area contributed by atoms with Gasteiger partial charge in [-0.1, -0.05) is 12.1 Å². The number of rotatable bonds is 7. The molecule has 1 aromatic rings. The van der Waals surface area contributed by atoms with Crippen LogP contribution in [-0.4, -0.2) is 35.5 Å². The summed E-state index contributed by atoms with van der Waals surface area (Å²) in [7, 11) is 0.